The van der Waals surface area contributed by atoms with Crippen molar-refractivity contribution in [3.05, 3.63) is 21.1 Å². The third kappa shape index (κ3) is 2.21. The fraction of sp³-hybridized carbons (Fsp3) is 0.222. The molecule has 78 valence electrons. The predicted molar refractivity (Wildman–Crippen MR) is 61.8 cm³/mol. The number of ether oxygens (including phenoxy) is 1. The van der Waals surface area contributed by atoms with Crippen molar-refractivity contribution in [2.45, 2.75) is 6.92 Å². The highest BCUT2D eigenvalue weighted by Gasteiger charge is 2.04. The molecule has 0 atom stereocenters. The molecule has 0 spiro atoms. The number of aryl methyl sites for hydroxylation is 1. The number of nitrogens with one attached hydrogen (secondary N) is 1. The Bertz CT molecular complexity index is 532. The Morgan fingerprint density at radius 2 is 2.27 bits per heavy atom. The molecule has 0 aliphatic carbocycles. The average molecular weight is 239 g/mol. The fourth-order valence-corrected chi connectivity index (χ4v) is 2.03. The summed E-state index contributed by atoms with van der Waals surface area (Å²) in [4.78, 5) is 12.2. The largest absolute Gasteiger partial charge is 0.468 e. The highest BCUT2D eigenvalue weighted by Crippen LogP contribution is 2.22. The normalized spacial score (nSPS) is 10.3. The van der Waals surface area contributed by atoms with Gasteiger partial charge in [0.25, 0.3) is 6.01 Å². The van der Waals surface area contributed by atoms with Gasteiger partial charge in [0.1, 0.15) is 5.82 Å². The molecule has 0 aliphatic rings. The highest BCUT2D eigenvalue weighted by atomic mass is 32.1. The van der Waals surface area contributed by atoms with Gasteiger partial charge in [-0.05, 0) is 25.2 Å². The first-order valence-electron chi connectivity index (χ1n) is 4.27. The quantitative estimate of drug-likeness (QED) is 0.818. The molecule has 0 aromatic carbocycles. The molecule has 6 heteroatoms. The summed E-state index contributed by atoms with van der Waals surface area (Å²) in [5.74, 6) is 0.691. The second-order valence-electron chi connectivity index (χ2n) is 2.94. The van der Waals surface area contributed by atoms with Gasteiger partial charge < -0.3 is 4.74 Å². The molecule has 0 fully saturated rings. The van der Waals surface area contributed by atoms with Crippen molar-refractivity contribution < 1.29 is 4.74 Å². The van der Waals surface area contributed by atoms with Crippen LogP contribution in [0.1, 0.15) is 4.88 Å². The number of hydrogen-bond donors (Lipinski definition) is 1. The van der Waals surface area contributed by atoms with Gasteiger partial charge in [-0.2, -0.15) is 4.98 Å². The van der Waals surface area contributed by atoms with Crippen molar-refractivity contribution in [3.63, 3.8) is 0 Å². The maximum absolute atomic E-state index is 4.99. The van der Waals surface area contributed by atoms with E-state index >= 15 is 0 Å². The van der Waals surface area contributed by atoms with Crippen LogP contribution in [0.5, 0.6) is 6.01 Å². The summed E-state index contributed by atoms with van der Waals surface area (Å²) in [7, 11) is 1.54. The van der Waals surface area contributed by atoms with E-state index in [0.717, 1.165) is 5.56 Å². The maximum atomic E-state index is 4.99. The number of aromatic amines is 1. The predicted octanol–water partition coefficient (Wildman–Crippen LogP) is 2.58. The number of methoxy groups -OCH3 is 1. The molecular weight excluding hydrogens is 230 g/mol. The Morgan fingerprint density at radius 3 is 2.87 bits per heavy atom. The van der Waals surface area contributed by atoms with Crippen LogP contribution in [-0.2, 0) is 0 Å². The van der Waals surface area contributed by atoms with Crippen molar-refractivity contribution in [3.8, 4) is 17.4 Å². The van der Waals surface area contributed by atoms with Crippen molar-refractivity contribution in [1.82, 2.24) is 15.0 Å². The second kappa shape index (κ2) is 4.08. The molecule has 0 saturated carbocycles. The van der Waals surface area contributed by atoms with Gasteiger partial charge >= 0.3 is 0 Å². The minimum absolute atomic E-state index is 0.282. The summed E-state index contributed by atoms with van der Waals surface area (Å²) >= 11 is 6.60. The standard InChI is InChI=1S/C9H9N3OS2/c1-5-3-6(4-15-5)7-10-8(13-2)12-9(14)11-7/h3-4H,1-2H3,(H,10,11,12,14). The molecule has 2 rings (SSSR count). The zero-order valence-electron chi connectivity index (χ0n) is 8.27. The minimum Gasteiger partial charge on any atom is -0.468 e. The van der Waals surface area contributed by atoms with Gasteiger partial charge in [0, 0.05) is 15.8 Å². The van der Waals surface area contributed by atoms with Gasteiger partial charge in [-0.1, -0.05) is 0 Å². The van der Waals surface area contributed by atoms with Crippen LogP contribution in [0, 0.1) is 11.7 Å². The van der Waals surface area contributed by atoms with Crippen molar-refractivity contribution in [2.24, 2.45) is 0 Å². The lowest BCUT2D eigenvalue weighted by Crippen LogP contribution is -1.96. The molecule has 2 aromatic rings. The van der Waals surface area contributed by atoms with Crippen molar-refractivity contribution in [2.75, 3.05) is 7.11 Å². The average Bonchev–Trinajstić information content (AvgIpc) is 2.64. The number of aromatic nitrogens is 3. The van der Waals surface area contributed by atoms with E-state index in [-0.39, 0.29) is 4.77 Å². The third-order valence-electron chi connectivity index (χ3n) is 1.83. The third-order valence-corrected chi connectivity index (χ3v) is 2.87. The number of thiophene rings is 1. The molecule has 0 bridgehead atoms. The summed E-state index contributed by atoms with van der Waals surface area (Å²) in [5, 5.41) is 2.02. The van der Waals surface area contributed by atoms with E-state index in [4.69, 9.17) is 17.0 Å². The van der Waals surface area contributed by atoms with Crippen LogP contribution in [0.4, 0.5) is 0 Å². The van der Waals surface area contributed by atoms with E-state index in [2.05, 4.69) is 15.0 Å². The lowest BCUT2D eigenvalue weighted by Gasteiger charge is -2.01. The minimum atomic E-state index is 0.282. The van der Waals surface area contributed by atoms with Gasteiger partial charge in [0.2, 0.25) is 4.77 Å². The van der Waals surface area contributed by atoms with Crippen molar-refractivity contribution >= 4 is 23.6 Å². The number of hydrogen-bond acceptors (Lipinski definition) is 5. The van der Waals surface area contributed by atoms with E-state index < -0.39 is 0 Å². The van der Waals surface area contributed by atoms with Crippen LogP contribution in [0.15, 0.2) is 11.4 Å². The van der Waals surface area contributed by atoms with E-state index in [0.29, 0.717) is 11.8 Å². The fourth-order valence-electron chi connectivity index (χ4n) is 1.17. The van der Waals surface area contributed by atoms with Gasteiger partial charge in [0.15, 0.2) is 0 Å². The molecule has 0 aliphatic heterocycles. The molecule has 15 heavy (non-hydrogen) atoms. The van der Waals surface area contributed by atoms with Crippen LogP contribution in [-0.4, -0.2) is 22.1 Å². The molecule has 1 N–H and O–H groups in total. The van der Waals surface area contributed by atoms with Crippen LogP contribution < -0.4 is 4.74 Å². The zero-order chi connectivity index (χ0) is 10.8. The summed E-state index contributed by atoms with van der Waals surface area (Å²) in [6.07, 6.45) is 0. The lowest BCUT2D eigenvalue weighted by atomic mass is 10.3. The summed E-state index contributed by atoms with van der Waals surface area (Å²) in [6.45, 7) is 2.04. The van der Waals surface area contributed by atoms with Gasteiger partial charge in [-0.15, -0.1) is 11.3 Å². The smallest absolute Gasteiger partial charge is 0.297 e. The van der Waals surface area contributed by atoms with Crippen LogP contribution >= 0.6 is 23.6 Å². The SMILES string of the molecule is COc1nc(=S)nc(-c2csc(C)c2)[nH]1. The van der Waals surface area contributed by atoms with Crippen molar-refractivity contribution in [1.29, 1.82) is 0 Å². The molecule has 0 saturated heterocycles. The van der Waals surface area contributed by atoms with E-state index in [1.165, 1.54) is 12.0 Å². The molecular formula is C9H9N3OS2. The Hall–Kier alpha value is -1.27. The van der Waals surface area contributed by atoms with E-state index in [9.17, 15) is 0 Å². The Labute approximate surface area is 96.0 Å². The Kier molecular flexibility index (Phi) is 2.79. The Balaban J connectivity index is 2.53. The number of rotatable bonds is 2. The molecule has 2 heterocycles. The first-order chi connectivity index (χ1) is 7.19. The molecule has 0 radical (unpaired) electrons. The Morgan fingerprint density at radius 1 is 1.47 bits per heavy atom. The molecule has 0 amide bonds. The summed E-state index contributed by atoms with van der Waals surface area (Å²) < 4.78 is 5.28. The number of nitrogens with zero attached hydrogens (tertiary/aromatic N) is 2. The molecule has 0 unspecified atom stereocenters. The molecule has 4 nitrogen and oxygen atoms in total. The van der Waals surface area contributed by atoms with Gasteiger partial charge in [-0.3, -0.25) is 4.98 Å². The monoisotopic (exact) mass is 239 g/mol. The summed E-state index contributed by atoms with van der Waals surface area (Å²) in [5.41, 5.74) is 1.00. The van der Waals surface area contributed by atoms with E-state index in [1.54, 1.807) is 11.3 Å². The van der Waals surface area contributed by atoms with E-state index in [1.807, 2.05) is 18.4 Å². The second-order valence-corrected chi connectivity index (χ2v) is 4.42. The topological polar surface area (TPSA) is 50.8 Å². The van der Waals surface area contributed by atoms with Crippen LogP contribution in [0.2, 0.25) is 0 Å². The number of H-pyrrole nitrogens is 1. The van der Waals surface area contributed by atoms with Crippen LogP contribution in [0.3, 0.4) is 0 Å². The van der Waals surface area contributed by atoms with Gasteiger partial charge in [-0.25, -0.2) is 4.98 Å². The molecule has 2 aromatic heterocycles. The first-order valence-corrected chi connectivity index (χ1v) is 5.55. The van der Waals surface area contributed by atoms with Gasteiger partial charge in [0.05, 0.1) is 7.11 Å². The van der Waals surface area contributed by atoms with Crippen LogP contribution in [0.25, 0.3) is 11.4 Å². The lowest BCUT2D eigenvalue weighted by molar-refractivity contribution is 0.378. The first kappa shape index (κ1) is 10.3. The zero-order valence-corrected chi connectivity index (χ0v) is 9.91. The summed E-state index contributed by atoms with van der Waals surface area (Å²) in [6, 6.07) is 2.42. The maximum Gasteiger partial charge on any atom is 0.297 e. The highest BCUT2D eigenvalue weighted by molar-refractivity contribution is 7.71.